The predicted molar refractivity (Wildman–Crippen MR) is 89.9 cm³/mol. The molecule has 0 bridgehead atoms. The summed E-state index contributed by atoms with van der Waals surface area (Å²) in [5.74, 6) is 3.33. The van der Waals surface area contributed by atoms with E-state index in [0.29, 0.717) is 16.6 Å². The van der Waals surface area contributed by atoms with Gasteiger partial charge in [0.1, 0.15) is 17.3 Å². The van der Waals surface area contributed by atoms with E-state index in [-0.39, 0.29) is 0 Å². The van der Waals surface area contributed by atoms with Crippen LogP contribution in [-0.4, -0.2) is 16.6 Å². The number of hydrogen-bond acceptors (Lipinski definition) is 1. The molecule has 1 N–H and O–H groups in total. The van der Waals surface area contributed by atoms with E-state index in [2.05, 4.69) is 26.0 Å². The van der Waals surface area contributed by atoms with Crippen molar-refractivity contribution in [2.45, 2.75) is 70.1 Å². The Morgan fingerprint density at radius 3 is 1.90 bits per heavy atom. The van der Waals surface area contributed by atoms with E-state index in [0.717, 1.165) is 12.8 Å². The standard InChI is InChI=1S/C18H28OS/c1-3-5-9-15-13-17(20-11-7-8-12-20)14-16(18(15)19)10-6-4-2/h13-14H,3-12H2,1-2H3/p+1. The van der Waals surface area contributed by atoms with Gasteiger partial charge < -0.3 is 5.11 Å². The second-order valence-corrected chi connectivity index (χ2v) is 8.18. The smallest absolute Gasteiger partial charge is 0.155 e. The van der Waals surface area contributed by atoms with Gasteiger partial charge in [0.25, 0.3) is 0 Å². The first-order chi connectivity index (χ1) is 9.76. The first kappa shape index (κ1) is 15.8. The zero-order chi connectivity index (χ0) is 14.4. The van der Waals surface area contributed by atoms with Crippen LogP contribution in [0.25, 0.3) is 0 Å². The normalized spacial score (nSPS) is 15.9. The number of phenolic OH excluding ortho intramolecular Hbond substituents is 1. The van der Waals surface area contributed by atoms with Crippen LogP contribution in [0.1, 0.15) is 63.5 Å². The summed E-state index contributed by atoms with van der Waals surface area (Å²) in [6, 6.07) is 4.63. The molecule has 112 valence electrons. The molecule has 1 aromatic rings. The number of aromatic hydroxyl groups is 1. The van der Waals surface area contributed by atoms with Gasteiger partial charge >= 0.3 is 0 Å². The van der Waals surface area contributed by atoms with Gasteiger partial charge in [0, 0.05) is 23.0 Å². The summed E-state index contributed by atoms with van der Waals surface area (Å²) in [5, 5.41) is 10.5. The van der Waals surface area contributed by atoms with Crippen molar-refractivity contribution in [3.8, 4) is 5.75 Å². The molecule has 0 saturated carbocycles. The van der Waals surface area contributed by atoms with Crippen molar-refractivity contribution < 1.29 is 5.11 Å². The Balaban J connectivity index is 2.26. The third kappa shape index (κ3) is 3.94. The summed E-state index contributed by atoms with van der Waals surface area (Å²) in [6.45, 7) is 4.44. The quantitative estimate of drug-likeness (QED) is 0.713. The van der Waals surface area contributed by atoms with E-state index in [1.54, 1.807) is 0 Å². The van der Waals surface area contributed by atoms with Gasteiger partial charge in [-0.2, -0.15) is 0 Å². The molecule has 2 heteroatoms. The Kier molecular flexibility index (Phi) is 6.28. The second-order valence-electron chi connectivity index (χ2n) is 5.91. The SMILES string of the molecule is CCCCc1cc([S+]2CCCC2)cc(CCCC)c1O. The van der Waals surface area contributed by atoms with E-state index in [1.165, 1.54) is 66.1 Å². The Morgan fingerprint density at radius 1 is 0.950 bits per heavy atom. The van der Waals surface area contributed by atoms with Crippen molar-refractivity contribution in [3.05, 3.63) is 23.3 Å². The summed E-state index contributed by atoms with van der Waals surface area (Å²) >= 11 is 0. The van der Waals surface area contributed by atoms with Crippen LogP contribution in [0.4, 0.5) is 0 Å². The fourth-order valence-electron chi connectivity index (χ4n) is 2.90. The Morgan fingerprint density at radius 2 is 1.45 bits per heavy atom. The maximum Gasteiger partial charge on any atom is 0.155 e. The molecule has 1 saturated heterocycles. The van der Waals surface area contributed by atoms with Gasteiger partial charge in [-0.1, -0.05) is 26.7 Å². The highest BCUT2D eigenvalue weighted by Gasteiger charge is 2.28. The molecule has 0 amide bonds. The Labute approximate surface area is 127 Å². The highest BCUT2D eigenvalue weighted by molar-refractivity contribution is 7.97. The number of benzene rings is 1. The molecule has 0 aromatic heterocycles. The predicted octanol–water partition coefficient (Wildman–Crippen LogP) is 4.85. The minimum Gasteiger partial charge on any atom is -0.507 e. The number of phenols is 1. The van der Waals surface area contributed by atoms with Gasteiger partial charge in [0.05, 0.1) is 0 Å². The number of aryl methyl sites for hydroxylation is 2. The van der Waals surface area contributed by atoms with Gasteiger partial charge in [-0.15, -0.1) is 0 Å². The molecule has 1 fully saturated rings. The monoisotopic (exact) mass is 293 g/mol. The van der Waals surface area contributed by atoms with Crippen LogP contribution >= 0.6 is 0 Å². The third-order valence-corrected chi connectivity index (χ3v) is 6.67. The van der Waals surface area contributed by atoms with Crippen molar-refractivity contribution >= 4 is 10.9 Å². The highest BCUT2D eigenvalue weighted by Crippen LogP contribution is 2.32. The molecule has 1 aliphatic rings. The first-order valence-electron chi connectivity index (χ1n) is 8.28. The van der Waals surface area contributed by atoms with Crippen molar-refractivity contribution in [2.24, 2.45) is 0 Å². The lowest BCUT2D eigenvalue weighted by Gasteiger charge is -2.12. The third-order valence-electron chi connectivity index (χ3n) is 4.21. The van der Waals surface area contributed by atoms with Crippen molar-refractivity contribution in [3.63, 3.8) is 0 Å². The zero-order valence-electron chi connectivity index (χ0n) is 13.1. The fraction of sp³-hybridized carbons (Fsp3) is 0.667. The van der Waals surface area contributed by atoms with Gasteiger partial charge in [-0.3, -0.25) is 0 Å². The minimum atomic E-state index is 0.458. The summed E-state index contributed by atoms with van der Waals surface area (Å²) in [6.07, 6.45) is 9.59. The molecule has 0 atom stereocenters. The number of hydrogen-bond donors (Lipinski definition) is 1. The largest absolute Gasteiger partial charge is 0.507 e. The lowest BCUT2D eigenvalue weighted by molar-refractivity contribution is 0.458. The molecule has 0 radical (unpaired) electrons. The average Bonchev–Trinajstić information content (AvgIpc) is 2.99. The van der Waals surface area contributed by atoms with Gasteiger partial charge in [-0.05, 0) is 49.7 Å². The van der Waals surface area contributed by atoms with Gasteiger partial charge in [-0.25, -0.2) is 0 Å². The molecule has 0 aliphatic carbocycles. The molecule has 0 spiro atoms. The minimum absolute atomic E-state index is 0.458. The molecule has 1 heterocycles. The van der Waals surface area contributed by atoms with Crippen molar-refractivity contribution in [2.75, 3.05) is 11.5 Å². The summed E-state index contributed by atoms with van der Waals surface area (Å²) < 4.78 is 0. The van der Waals surface area contributed by atoms with Crippen LogP contribution in [-0.2, 0) is 23.7 Å². The Bertz CT molecular complexity index is 392. The van der Waals surface area contributed by atoms with Crippen LogP contribution in [0.2, 0.25) is 0 Å². The second kappa shape index (κ2) is 7.97. The van der Waals surface area contributed by atoms with Crippen LogP contribution in [0.15, 0.2) is 17.0 Å². The molecule has 1 nitrogen and oxygen atoms in total. The molecule has 2 rings (SSSR count). The number of unbranched alkanes of at least 4 members (excludes halogenated alkanes) is 2. The van der Waals surface area contributed by atoms with Gasteiger partial charge in [0.15, 0.2) is 4.90 Å². The van der Waals surface area contributed by atoms with Gasteiger partial charge in [0.2, 0.25) is 0 Å². The first-order valence-corrected chi connectivity index (χ1v) is 9.84. The maximum atomic E-state index is 10.5. The number of rotatable bonds is 7. The van der Waals surface area contributed by atoms with Crippen molar-refractivity contribution in [1.82, 2.24) is 0 Å². The highest BCUT2D eigenvalue weighted by atomic mass is 32.2. The average molecular weight is 293 g/mol. The van der Waals surface area contributed by atoms with Crippen LogP contribution in [0.5, 0.6) is 5.75 Å². The molecular weight excluding hydrogens is 264 g/mol. The lowest BCUT2D eigenvalue weighted by atomic mass is 10.0. The van der Waals surface area contributed by atoms with Crippen LogP contribution in [0.3, 0.4) is 0 Å². The topological polar surface area (TPSA) is 20.2 Å². The molecule has 0 unspecified atom stereocenters. The fourth-order valence-corrected chi connectivity index (χ4v) is 5.30. The van der Waals surface area contributed by atoms with E-state index in [9.17, 15) is 5.11 Å². The van der Waals surface area contributed by atoms with E-state index in [1.807, 2.05) is 0 Å². The summed E-state index contributed by atoms with van der Waals surface area (Å²) in [5.41, 5.74) is 2.41. The van der Waals surface area contributed by atoms with E-state index in [4.69, 9.17) is 0 Å². The molecular formula is C18H29OS+. The maximum absolute atomic E-state index is 10.5. The Hall–Kier alpha value is -0.630. The zero-order valence-corrected chi connectivity index (χ0v) is 13.9. The van der Waals surface area contributed by atoms with Crippen LogP contribution < -0.4 is 0 Å². The van der Waals surface area contributed by atoms with E-state index >= 15 is 0 Å². The summed E-state index contributed by atoms with van der Waals surface area (Å²) in [4.78, 5) is 1.53. The molecule has 1 aromatic carbocycles. The molecule has 20 heavy (non-hydrogen) atoms. The van der Waals surface area contributed by atoms with Crippen molar-refractivity contribution in [1.29, 1.82) is 0 Å². The van der Waals surface area contributed by atoms with Crippen LogP contribution in [0, 0.1) is 0 Å². The summed E-state index contributed by atoms with van der Waals surface area (Å²) in [7, 11) is 0.458. The molecule has 1 aliphatic heterocycles. The van der Waals surface area contributed by atoms with E-state index < -0.39 is 0 Å². The lowest BCUT2D eigenvalue weighted by Crippen LogP contribution is -2.06.